The Morgan fingerprint density at radius 2 is 1.55 bits per heavy atom. The molecule has 0 saturated heterocycles. The molecule has 1 unspecified atom stereocenters. The first-order valence-electron chi connectivity index (χ1n) is 16.2. The van der Waals surface area contributed by atoms with Gasteiger partial charge in [0.25, 0.3) is 11.8 Å². The van der Waals surface area contributed by atoms with Crippen LogP contribution in [0.15, 0.2) is 53.6 Å². The Labute approximate surface area is 308 Å². The van der Waals surface area contributed by atoms with E-state index in [1.807, 2.05) is 13.0 Å². The standard InChI is InChI=1S/C37H42Cl4N4O4/c1-9-30(49-31-15-12-22(36(5,6)10-2)16-25(31)37(7,8)11-3)35(48)42-24-13-14-26(39)29(19-24)44(21(4)46)32-20-33(47)45(43-32)34-27(40)17-23(38)18-28(34)41/h12-19,30H,9-11,20H2,1-8H3,(H,42,48). The summed E-state index contributed by atoms with van der Waals surface area (Å²) in [5.74, 6) is -0.524. The molecular formula is C37H42Cl4N4O4. The van der Waals surface area contributed by atoms with Crippen LogP contribution in [0.4, 0.5) is 17.1 Å². The summed E-state index contributed by atoms with van der Waals surface area (Å²) >= 11 is 25.3. The number of nitrogens with zero attached hydrogens (tertiary/aromatic N) is 3. The number of ether oxygens (including phenoxy) is 1. The molecule has 1 aliphatic rings. The summed E-state index contributed by atoms with van der Waals surface area (Å²) in [6.07, 6.45) is 1.23. The number of anilines is 3. The molecule has 12 heteroatoms. The Balaban J connectivity index is 1.63. The van der Waals surface area contributed by atoms with E-state index in [0.29, 0.717) is 22.9 Å². The van der Waals surface area contributed by atoms with Crippen LogP contribution < -0.4 is 20.0 Å². The lowest BCUT2D eigenvalue weighted by Crippen LogP contribution is -2.35. The van der Waals surface area contributed by atoms with Gasteiger partial charge in [0.1, 0.15) is 17.3 Å². The van der Waals surface area contributed by atoms with Gasteiger partial charge in [0.05, 0.1) is 27.2 Å². The van der Waals surface area contributed by atoms with E-state index in [2.05, 4.69) is 64.1 Å². The van der Waals surface area contributed by atoms with Crippen LogP contribution in [0.25, 0.3) is 0 Å². The van der Waals surface area contributed by atoms with E-state index in [1.54, 1.807) is 18.2 Å². The molecule has 0 radical (unpaired) electrons. The molecule has 0 saturated carbocycles. The van der Waals surface area contributed by atoms with Crippen LogP contribution in [-0.2, 0) is 25.2 Å². The van der Waals surface area contributed by atoms with E-state index < -0.39 is 17.9 Å². The van der Waals surface area contributed by atoms with Crippen LogP contribution in [0.5, 0.6) is 5.75 Å². The Morgan fingerprint density at radius 3 is 2.12 bits per heavy atom. The van der Waals surface area contributed by atoms with Gasteiger partial charge < -0.3 is 10.1 Å². The zero-order chi connectivity index (χ0) is 36.4. The van der Waals surface area contributed by atoms with E-state index in [4.69, 9.17) is 51.1 Å². The van der Waals surface area contributed by atoms with E-state index in [0.717, 1.165) is 23.4 Å². The molecule has 262 valence electrons. The van der Waals surface area contributed by atoms with Crippen LogP contribution >= 0.6 is 46.4 Å². The molecule has 3 aromatic rings. The summed E-state index contributed by atoms with van der Waals surface area (Å²) < 4.78 is 6.44. The number of halogens is 4. The molecule has 1 aliphatic heterocycles. The van der Waals surface area contributed by atoms with Crippen molar-refractivity contribution < 1.29 is 19.1 Å². The number of nitrogens with one attached hydrogen (secondary N) is 1. The van der Waals surface area contributed by atoms with Crippen molar-refractivity contribution in [3.8, 4) is 5.75 Å². The predicted octanol–water partition coefficient (Wildman–Crippen LogP) is 10.6. The summed E-state index contributed by atoms with van der Waals surface area (Å²) in [7, 11) is 0. The third-order valence-corrected chi connectivity index (χ3v) is 10.3. The Morgan fingerprint density at radius 1 is 0.918 bits per heavy atom. The molecule has 3 aromatic carbocycles. The van der Waals surface area contributed by atoms with Crippen molar-refractivity contribution in [1.29, 1.82) is 0 Å². The van der Waals surface area contributed by atoms with E-state index in [1.165, 1.54) is 29.5 Å². The first-order chi connectivity index (χ1) is 22.9. The number of rotatable bonds is 11. The zero-order valence-electron chi connectivity index (χ0n) is 29.0. The van der Waals surface area contributed by atoms with Gasteiger partial charge in [-0.15, -0.1) is 0 Å². The first-order valence-corrected chi connectivity index (χ1v) is 17.7. The maximum absolute atomic E-state index is 13.7. The molecule has 4 rings (SSSR count). The lowest BCUT2D eigenvalue weighted by molar-refractivity contribution is -0.123. The molecule has 1 atom stereocenters. The fourth-order valence-corrected chi connectivity index (χ4v) is 6.56. The quantitative estimate of drug-likeness (QED) is 0.211. The van der Waals surface area contributed by atoms with Crippen LogP contribution in [0.2, 0.25) is 20.1 Å². The van der Waals surface area contributed by atoms with E-state index in [-0.39, 0.29) is 55.4 Å². The molecule has 1 N–H and O–H groups in total. The lowest BCUT2D eigenvalue weighted by atomic mass is 9.76. The average Bonchev–Trinajstić information content (AvgIpc) is 3.40. The third kappa shape index (κ3) is 8.37. The number of amidine groups is 1. The number of carbonyl (C=O) groups is 3. The second kappa shape index (κ2) is 15.3. The molecule has 8 nitrogen and oxygen atoms in total. The molecule has 0 bridgehead atoms. The second-order valence-electron chi connectivity index (χ2n) is 13.3. The van der Waals surface area contributed by atoms with E-state index in [9.17, 15) is 14.4 Å². The van der Waals surface area contributed by atoms with Crippen LogP contribution in [0.1, 0.15) is 92.2 Å². The number of amides is 3. The summed E-state index contributed by atoms with van der Waals surface area (Å²) in [5.41, 5.74) is 2.81. The summed E-state index contributed by atoms with van der Waals surface area (Å²) in [6.45, 7) is 16.3. The van der Waals surface area contributed by atoms with Gasteiger partial charge >= 0.3 is 0 Å². The van der Waals surface area contributed by atoms with Crippen molar-refractivity contribution in [2.75, 3.05) is 15.2 Å². The molecule has 0 aliphatic carbocycles. The Bertz CT molecular complexity index is 1780. The highest BCUT2D eigenvalue weighted by atomic mass is 35.5. The van der Waals surface area contributed by atoms with Crippen LogP contribution in [0.3, 0.4) is 0 Å². The highest BCUT2D eigenvalue weighted by Gasteiger charge is 2.35. The maximum atomic E-state index is 13.7. The summed E-state index contributed by atoms with van der Waals surface area (Å²) in [4.78, 5) is 41.0. The first kappa shape index (κ1) is 38.5. The topological polar surface area (TPSA) is 91.3 Å². The van der Waals surface area contributed by atoms with Crippen molar-refractivity contribution >= 4 is 87.0 Å². The number of hydrogen-bond acceptors (Lipinski definition) is 5. The predicted molar refractivity (Wildman–Crippen MR) is 202 cm³/mol. The molecule has 3 amide bonds. The van der Waals surface area contributed by atoms with Crippen molar-refractivity contribution in [2.24, 2.45) is 5.10 Å². The molecular weight excluding hydrogens is 706 g/mol. The smallest absolute Gasteiger partial charge is 0.265 e. The number of benzene rings is 3. The van der Waals surface area contributed by atoms with Gasteiger partial charge in [-0.25, -0.2) is 0 Å². The second-order valence-corrected chi connectivity index (χ2v) is 15.0. The van der Waals surface area contributed by atoms with Gasteiger partial charge in [-0.3, -0.25) is 19.3 Å². The van der Waals surface area contributed by atoms with Crippen molar-refractivity contribution in [3.63, 3.8) is 0 Å². The summed E-state index contributed by atoms with van der Waals surface area (Å²) in [6, 6.07) is 13.9. The molecule has 1 heterocycles. The number of hydrogen-bond donors (Lipinski definition) is 1. The van der Waals surface area contributed by atoms with Crippen LogP contribution in [-0.4, -0.2) is 29.7 Å². The number of carbonyl (C=O) groups excluding carboxylic acids is 3. The molecule has 0 spiro atoms. The minimum atomic E-state index is -0.807. The SMILES string of the molecule is CCC(Oc1ccc(C(C)(C)CC)cc1C(C)(C)CC)C(=O)Nc1ccc(Cl)c(N(C(C)=O)C2=NN(c3c(Cl)cc(Cl)cc3Cl)C(=O)C2)c1. The monoisotopic (exact) mass is 746 g/mol. The maximum Gasteiger partial charge on any atom is 0.265 e. The van der Waals surface area contributed by atoms with Gasteiger partial charge in [-0.1, -0.05) is 107 Å². The Kier molecular flexibility index (Phi) is 12.0. The fourth-order valence-electron chi connectivity index (χ4n) is 5.38. The minimum Gasteiger partial charge on any atom is -0.480 e. The Hall–Kier alpha value is -3.30. The molecule has 49 heavy (non-hydrogen) atoms. The highest BCUT2D eigenvalue weighted by Crippen LogP contribution is 2.41. The minimum absolute atomic E-state index is 0.00966. The van der Waals surface area contributed by atoms with Gasteiger partial charge in [0.2, 0.25) is 5.91 Å². The fraction of sp³-hybridized carbons (Fsp3) is 0.405. The molecule has 0 aromatic heterocycles. The van der Waals surface area contributed by atoms with Crippen molar-refractivity contribution in [2.45, 2.75) is 98.0 Å². The van der Waals surface area contributed by atoms with Crippen LogP contribution in [0, 0.1) is 0 Å². The van der Waals surface area contributed by atoms with Gasteiger partial charge in [0, 0.05) is 23.2 Å². The lowest BCUT2D eigenvalue weighted by Gasteiger charge is -2.31. The summed E-state index contributed by atoms with van der Waals surface area (Å²) in [5, 5.41) is 9.09. The average molecular weight is 749 g/mol. The van der Waals surface area contributed by atoms with Crippen molar-refractivity contribution in [1.82, 2.24) is 0 Å². The van der Waals surface area contributed by atoms with Crippen molar-refractivity contribution in [3.05, 3.63) is 79.7 Å². The zero-order valence-corrected chi connectivity index (χ0v) is 32.0. The molecule has 0 fully saturated rings. The van der Waals surface area contributed by atoms with Gasteiger partial charge in [-0.05, 0) is 72.1 Å². The third-order valence-electron chi connectivity index (χ3n) is 9.17. The highest BCUT2D eigenvalue weighted by molar-refractivity contribution is 6.43. The largest absolute Gasteiger partial charge is 0.480 e. The number of hydrazone groups is 1. The normalized spacial score (nSPS) is 14.1. The van der Waals surface area contributed by atoms with Gasteiger partial charge in [-0.2, -0.15) is 10.1 Å². The van der Waals surface area contributed by atoms with Gasteiger partial charge in [0.15, 0.2) is 6.10 Å². The van der Waals surface area contributed by atoms with E-state index >= 15 is 0 Å².